The molecule has 63 valence electrons. The molecule has 3 N–H and O–H groups in total. The van der Waals surface area contributed by atoms with Gasteiger partial charge in [-0.15, -0.1) is 0 Å². The van der Waals surface area contributed by atoms with Gasteiger partial charge in [-0.2, -0.15) is 0 Å². The van der Waals surface area contributed by atoms with E-state index in [0.29, 0.717) is 5.56 Å². The number of carbonyl (C=O) groups excluding carboxylic acids is 1. The van der Waals surface area contributed by atoms with Crippen molar-refractivity contribution in [1.82, 2.24) is 4.98 Å². The quantitative estimate of drug-likeness (QED) is 0.668. The van der Waals surface area contributed by atoms with E-state index in [9.17, 15) is 4.79 Å². The van der Waals surface area contributed by atoms with Crippen LogP contribution < -0.4 is 11.1 Å². The number of rotatable bonds is 3. The van der Waals surface area contributed by atoms with Crippen LogP contribution >= 0.6 is 0 Å². The standard InChI is InChI=1S/C8H10N3O/c1-10-8-3-2-6(5-11-8)4-7(9)12/h2-5H,1H3,(H2,9,12)(H,10,11). The predicted octanol–water partition coefficient (Wildman–Crippen LogP) is 0.161. The lowest BCUT2D eigenvalue weighted by molar-refractivity contribution is -0.114. The summed E-state index contributed by atoms with van der Waals surface area (Å²) in [6, 6.07) is 3.54. The minimum atomic E-state index is -0.464. The van der Waals surface area contributed by atoms with Gasteiger partial charge in [-0.05, 0) is 11.6 Å². The second-order valence-electron chi connectivity index (χ2n) is 2.27. The first kappa shape index (κ1) is 8.52. The van der Waals surface area contributed by atoms with E-state index in [2.05, 4.69) is 10.3 Å². The number of nitrogens with zero attached hydrogens (tertiary/aromatic N) is 1. The molecule has 0 fully saturated rings. The van der Waals surface area contributed by atoms with Crippen molar-refractivity contribution in [3.05, 3.63) is 30.3 Å². The van der Waals surface area contributed by atoms with Crippen molar-refractivity contribution in [2.75, 3.05) is 12.4 Å². The van der Waals surface area contributed by atoms with Crippen molar-refractivity contribution >= 4 is 11.7 Å². The van der Waals surface area contributed by atoms with Gasteiger partial charge in [0, 0.05) is 13.2 Å². The van der Waals surface area contributed by atoms with Gasteiger partial charge in [-0.1, -0.05) is 6.07 Å². The molecule has 12 heavy (non-hydrogen) atoms. The number of carbonyl (C=O) groups is 1. The molecule has 1 rings (SSSR count). The molecule has 0 spiro atoms. The maximum absolute atomic E-state index is 10.4. The van der Waals surface area contributed by atoms with Crippen LogP contribution in [-0.4, -0.2) is 17.9 Å². The van der Waals surface area contributed by atoms with Crippen molar-refractivity contribution in [1.29, 1.82) is 0 Å². The van der Waals surface area contributed by atoms with Crippen molar-refractivity contribution < 1.29 is 4.79 Å². The maximum Gasteiger partial charge on any atom is 0.226 e. The highest BCUT2D eigenvalue weighted by molar-refractivity contribution is 5.86. The molecular formula is C8H10N3O. The lowest BCUT2D eigenvalue weighted by atomic mass is 10.2. The highest BCUT2D eigenvalue weighted by Gasteiger charge is 1.98. The molecule has 1 heterocycles. The van der Waals surface area contributed by atoms with E-state index in [1.807, 2.05) is 0 Å². The molecule has 0 aliphatic carbocycles. The van der Waals surface area contributed by atoms with Crippen LogP contribution in [-0.2, 0) is 4.79 Å². The minimum Gasteiger partial charge on any atom is -0.373 e. The Morgan fingerprint density at radius 2 is 2.42 bits per heavy atom. The van der Waals surface area contributed by atoms with Crippen LogP contribution in [0.5, 0.6) is 0 Å². The summed E-state index contributed by atoms with van der Waals surface area (Å²) in [5.41, 5.74) is 5.67. The Morgan fingerprint density at radius 1 is 1.67 bits per heavy atom. The van der Waals surface area contributed by atoms with Gasteiger partial charge in [-0.25, -0.2) is 4.98 Å². The van der Waals surface area contributed by atoms with Crippen LogP contribution in [0.4, 0.5) is 5.82 Å². The molecule has 0 saturated heterocycles. The Kier molecular flexibility index (Phi) is 2.63. The van der Waals surface area contributed by atoms with Gasteiger partial charge in [0.25, 0.3) is 0 Å². The summed E-state index contributed by atoms with van der Waals surface area (Å²) < 4.78 is 0. The van der Waals surface area contributed by atoms with Crippen LogP contribution in [0.1, 0.15) is 5.56 Å². The number of nitrogens with one attached hydrogen (secondary N) is 1. The third kappa shape index (κ3) is 2.23. The normalized spacial score (nSPS) is 9.42. The van der Waals surface area contributed by atoms with Gasteiger partial charge in [0.05, 0.1) is 6.42 Å². The molecule has 1 radical (unpaired) electrons. The topological polar surface area (TPSA) is 68.0 Å². The van der Waals surface area contributed by atoms with Crippen molar-refractivity contribution in [3.8, 4) is 0 Å². The smallest absolute Gasteiger partial charge is 0.226 e. The molecule has 0 unspecified atom stereocenters. The molecule has 1 aromatic heterocycles. The van der Waals surface area contributed by atoms with Crippen LogP contribution in [0.2, 0.25) is 0 Å². The summed E-state index contributed by atoms with van der Waals surface area (Å²) in [7, 11) is 1.78. The highest BCUT2D eigenvalue weighted by atomic mass is 16.1. The Morgan fingerprint density at radius 3 is 2.83 bits per heavy atom. The van der Waals surface area contributed by atoms with Crippen molar-refractivity contribution in [2.24, 2.45) is 5.73 Å². The summed E-state index contributed by atoms with van der Waals surface area (Å²) in [5.74, 6) is 0.297. The van der Waals surface area contributed by atoms with E-state index >= 15 is 0 Å². The van der Waals surface area contributed by atoms with Crippen LogP contribution in [0.3, 0.4) is 0 Å². The molecule has 0 aliphatic rings. The van der Waals surface area contributed by atoms with Gasteiger partial charge in [0.2, 0.25) is 5.91 Å². The summed E-state index contributed by atoms with van der Waals surface area (Å²) in [5, 5.41) is 2.87. The van der Waals surface area contributed by atoms with E-state index in [-0.39, 0.29) is 0 Å². The molecule has 0 atom stereocenters. The fraction of sp³-hybridized carbons (Fsp3) is 0.125. The number of primary amides is 1. The minimum absolute atomic E-state index is 0.464. The van der Waals surface area contributed by atoms with Gasteiger partial charge < -0.3 is 11.1 Å². The maximum atomic E-state index is 10.4. The monoisotopic (exact) mass is 164 g/mol. The average Bonchev–Trinajstić information content (AvgIpc) is 2.05. The molecule has 4 nitrogen and oxygen atoms in total. The molecule has 0 bridgehead atoms. The van der Waals surface area contributed by atoms with Gasteiger partial charge in [0.15, 0.2) is 0 Å². The number of pyridine rings is 1. The van der Waals surface area contributed by atoms with E-state index in [1.165, 1.54) is 6.42 Å². The van der Waals surface area contributed by atoms with Crippen molar-refractivity contribution in [3.63, 3.8) is 0 Å². The largest absolute Gasteiger partial charge is 0.373 e. The van der Waals surface area contributed by atoms with Crippen LogP contribution in [0, 0.1) is 6.42 Å². The average molecular weight is 164 g/mol. The van der Waals surface area contributed by atoms with E-state index < -0.39 is 5.91 Å². The zero-order valence-electron chi connectivity index (χ0n) is 6.74. The first-order valence-corrected chi connectivity index (χ1v) is 3.50. The molecule has 0 aliphatic heterocycles. The van der Waals surface area contributed by atoms with Gasteiger partial charge in [-0.3, -0.25) is 4.79 Å². The molecule has 0 aromatic carbocycles. The third-order valence-electron chi connectivity index (χ3n) is 1.35. The van der Waals surface area contributed by atoms with Crippen molar-refractivity contribution in [2.45, 2.75) is 0 Å². The van der Waals surface area contributed by atoms with Gasteiger partial charge >= 0.3 is 0 Å². The Balaban J connectivity index is 2.71. The number of hydrogen-bond acceptors (Lipinski definition) is 3. The zero-order valence-corrected chi connectivity index (χ0v) is 6.74. The molecule has 0 saturated carbocycles. The summed E-state index contributed by atoms with van der Waals surface area (Å²) >= 11 is 0. The van der Waals surface area contributed by atoms with Crippen LogP contribution in [0.15, 0.2) is 18.3 Å². The summed E-state index contributed by atoms with van der Waals surface area (Å²) in [6.07, 6.45) is 2.91. The highest BCUT2D eigenvalue weighted by Crippen LogP contribution is 2.05. The fourth-order valence-corrected chi connectivity index (χ4v) is 0.803. The number of hydrogen-bond donors (Lipinski definition) is 2. The number of nitrogens with two attached hydrogens (primary N) is 1. The lowest BCUT2D eigenvalue weighted by Gasteiger charge is -1.99. The Hall–Kier alpha value is -1.58. The molecule has 4 heteroatoms. The number of amides is 1. The number of anilines is 1. The molecular weight excluding hydrogens is 154 g/mol. The first-order valence-electron chi connectivity index (χ1n) is 3.50. The summed E-state index contributed by atoms with van der Waals surface area (Å²) in [4.78, 5) is 14.4. The zero-order chi connectivity index (χ0) is 8.97. The van der Waals surface area contributed by atoms with Gasteiger partial charge in [0.1, 0.15) is 5.82 Å². The number of aromatic nitrogens is 1. The second kappa shape index (κ2) is 3.71. The summed E-state index contributed by atoms with van der Waals surface area (Å²) in [6.45, 7) is 0. The predicted molar refractivity (Wildman–Crippen MR) is 46.4 cm³/mol. The van der Waals surface area contributed by atoms with E-state index in [4.69, 9.17) is 5.73 Å². The Bertz CT molecular complexity index is 268. The second-order valence-corrected chi connectivity index (χ2v) is 2.27. The lowest BCUT2D eigenvalue weighted by Crippen LogP contribution is -2.11. The SMILES string of the molecule is CNc1ccc([CH]C(N)=O)cn1. The molecule has 1 amide bonds. The fourth-order valence-electron chi connectivity index (χ4n) is 0.803. The van der Waals surface area contributed by atoms with E-state index in [0.717, 1.165) is 5.82 Å². The molecule has 1 aromatic rings. The first-order chi connectivity index (χ1) is 5.72. The Labute approximate surface area is 70.8 Å². The third-order valence-corrected chi connectivity index (χ3v) is 1.35. The van der Waals surface area contributed by atoms with Crippen LogP contribution in [0.25, 0.3) is 0 Å². The van der Waals surface area contributed by atoms with E-state index in [1.54, 1.807) is 25.4 Å².